The highest BCUT2D eigenvalue weighted by molar-refractivity contribution is 5.89. The fourth-order valence-corrected chi connectivity index (χ4v) is 0.785. The van der Waals surface area contributed by atoms with Crippen molar-refractivity contribution in [3.05, 3.63) is 12.0 Å². The highest BCUT2D eigenvalue weighted by atomic mass is 16.1. The first-order valence-electron chi connectivity index (χ1n) is 3.11. The van der Waals surface area contributed by atoms with Crippen molar-refractivity contribution in [2.45, 2.75) is 0 Å². The number of nitrogens with one attached hydrogen (secondary N) is 1. The van der Waals surface area contributed by atoms with Gasteiger partial charge in [-0.05, 0) is 5.21 Å². The summed E-state index contributed by atoms with van der Waals surface area (Å²) in [5.74, 6) is -0.191. The van der Waals surface area contributed by atoms with Crippen molar-refractivity contribution < 1.29 is 4.79 Å². The van der Waals surface area contributed by atoms with Crippen LogP contribution >= 0.6 is 0 Å². The second kappa shape index (κ2) is 2.22. The smallest absolute Gasteiger partial charge is 0.284 e. The fourth-order valence-electron chi connectivity index (χ4n) is 0.785. The summed E-state index contributed by atoms with van der Waals surface area (Å²) in [5, 5.41) is 10.6. The van der Waals surface area contributed by atoms with E-state index in [0.717, 1.165) is 0 Å². The summed E-state index contributed by atoms with van der Waals surface area (Å²) < 4.78 is 0. The summed E-state index contributed by atoms with van der Waals surface area (Å²) in [6, 6.07) is 0. The van der Waals surface area contributed by atoms with E-state index < -0.39 is 5.91 Å². The fraction of sp³-hybridized carbons (Fsp3) is 0. The van der Waals surface area contributed by atoms with Crippen LogP contribution in [0.5, 0.6) is 0 Å². The Balaban J connectivity index is 2.62. The van der Waals surface area contributed by atoms with E-state index in [0.29, 0.717) is 11.5 Å². The lowest BCUT2D eigenvalue weighted by Gasteiger charge is -1.96. The predicted molar refractivity (Wildman–Crippen MR) is 37.1 cm³/mol. The molecule has 2 rings (SSSR count). The Morgan fingerprint density at radius 3 is 3.08 bits per heavy atom. The number of amides is 1. The van der Waals surface area contributed by atoms with Crippen molar-refractivity contribution >= 4 is 5.91 Å². The average molecular weight is 164 g/mol. The molecule has 0 radical (unpaired) electrons. The molecule has 0 aromatic carbocycles. The highest BCUT2D eigenvalue weighted by Gasteiger charge is 2.11. The van der Waals surface area contributed by atoms with Crippen LogP contribution < -0.4 is 5.73 Å². The van der Waals surface area contributed by atoms with E-state index >= 15 is 0 Å². The standard InChI is InChI=1S/C5H4N6O/c6-3(12)5-7-1-2-4(8-5)10-11-9-2/h1H,(H2,6,12)(H,7,8,9,10,11). The number of nitrogens with zero attached hydrogens (tertiary/aromatic N) is 4. The van der Waals surface area contributed by atoms with Crippen molar-refractivity contribution in [2.24, 2.45) is 5.73 Å². The minimum absolute atomic E-state index is 0.0461. The van der Waals surface area contributed by atoms with E-state index in [-0.39, 0.29) is 5.82 Å². The molecule has 12 heavy (non-hydrogen) atoms. The van der Waals surface area contributed by atoms with Gasteiger partial charge in [-0.3, -0.25) is 4.79 Å². The molecular weight excluding hydrogens is 160 g/mol. The number of hydrogen-bond acceptors (Lipinski definition) is 5. The number of aromatic nitrogens is 5. The Bertz CT molecular complexity index is 395. The summed E-state index contributed by atoms with van der Waals surface area (Å²) in [6.45, 7) is 0. The van der Waals surface area contributed by atoms with Crippen LogP contribution in [0.2, 0.25) is 0 Å². The van der Waals surface area contributed by atoms with Crippen molar-refractivity contribution in [3.8, 4) is 11.5 Å². The average Bonchev–Trinajstić information content (AvgIpc) is 2.49. The first-order valence-corrected chi connectivity index (χ1v) is 3.11. The topological polar surface area (TPSA) is 110 Å². The molecule has 0 aliphatic carbocycles. The summed E-state index contributed by atoms with van der Waals surface area (Å²) in [5.41, 5.74) is 5.47. The summed E-state index contributed by atoms with van der Waals surface area (Å²) in [4.78, 5) is 16.9. The Morgan fingerprint density at radius 1 is 1.50 bits per heavy atom. The molecule has 1 amide bonds. The van der Waals surface area contributed by atoms with Gasteiger partial charge < -0.3 is 10.7 Å². The minimum Gasteiger partial charge on any atom is -0.363 e. The van der Waals surface area contributed by atoms with Crippen molar-refractivity contribution in [2.75, 3.05) is 0 Å². The number of primary amides is 1. The van der Waals surface area contributed by atoms with Crippen LogP contribution in [0.4, 0.5) is 0 Å². The van der Waals surface area contributed by atoms with Crippen LogP contribution in [-0.4, -0.2) is 31.3 Å². The quantitative estimate of drug-likeness (QED) is 0.549. The third-order valence-corrected chi connectivity index (χ3v) is 1.33. The molecule has 0 spiro atoms. The van der Waals surface area contributed by atoms with E-state index in [1.165, 1.54) is 6.20 Å². The summed E-state index contributed by atoms with van der Waals surface area (Å²) >= 11 is 0. The van der Waals surface area contributed by atoms with Gasteiger partial charge in [0.05, 0.1) is 6.20 Å². The molecule has 0 aromatic rings. The number of fused-ring (bicyclic) bond motifs is 1. The van der Waals surface area contributed by atoms with Crippen LogP contribution in [0, 0.1) is 0 Å². The first kappa shape index (κ1) is 6.65. The molecule has 2 aliphatic heterocycles. The van der Waals surface area contributed by atoms with E-state index in [1.807, 2.05) is 0 Å². The minimum atomic E-state index is -0.639. The maximum atomic E-state index is 10.6. The Morgan fingerprint density at radius 2 is 2.33 bits per heavy atom. The zero-order valence-corrected chi connectivity index (χ0v) is 5.85. The molecule has 60 valence electrons. The van der Waals surface area contributed by atoms with Crippen LogP contribution in [-0.2, 0) is 0 Å². The molecule has 0 saturated heterocycles. The highest BCUT2D eigenvalue weighted by Crippen LogP contribution is 2.09. The van der Waals surface area contributed by atoms with Crippen LogP contribution in [0.25, 0.3) is 11.5 Å². The summed E-state index contributed by atoms with van der Waals surface area (Å²) in [6.07, 6.45) is 1.38. The van der Waals surface area contributed by atoms with Gasteiger partial charge in [-0.15, -0.1) is 10.2 Å². The predicted octanol–water partition coefficient (Wildman–Crippen LogP) is -1.20. The van der Waals surface area contributed by atoms with Gasteiger partial charge in [-0.2, -0.15) is 0 Å². The van der Waals surface area contributed by atoms with E-state index in [1.54, 1.807) is 0 Å². The monoisotopic (exact) mass is 164 g/mol. The molecule has 2 heterocycles. The maximum Gasteiger partial charge on any atom is 0.284 e. The number of aromatic amines is 1. The van der Waals surface area contributed by atoms with Crippen LogP contribution in [0.15, 0.2) is 6.20 Å². The lowest BCUT2D eigenvalue weighted by molar-refractivity contribution is 0.0990. The van der Waals surface area contributed by atoms with Crippen LogP contribution in [0.3, 0.4) is 0 Å². The van der Waals surface area contributed by atoms with Gasteiger partial charge in [0.25, 0.3) is 5.91 Å². The number of hydrogen-bond donors (Lipinski definition) is 2. The lowest BCUT2D eigenvalue weighted by Crippen LogP contribution is -2.15. The first-order chi connectivity index (χ1) is 5.77. The van der Waals surface area contributed by atoms with Gasteiger partial charge in [-0.25, -0.2) is 4.98 Å². The van der Waals surface area contributed by atoms with Gasteiger partial charge in [0.15, 0.2) is 17.3 Å². The molecule has 7 nitrogen and oxygen atoms in total. The normalized spacial score (nSPS) is 10.3. The zero-order valence-electron chi connectivity index (χ0n) is 5.85. The molecule has 0 unspecified atom stereocenters. The van der Waals surface area contributed by atoms with E-state index in [2.05, 4.69) is 25.4 Å². The molecule has 7 heteroatoms. The number of carbonyl (C=O) groups is 1. The van der Waals surface area contributed by atoms with Gasteiger partial charge in [0, 0.05) is 0 Å². The molecular formula is C5H4N6O. The van der Waals surface area contributed by atoms with E-state index in [4.69, 9.17) is 5.73 Å². The second-order valence-electron chi connectivity index (χ2n) is 2.12. The molecule has 0 fully saturated rings. The van der Waals surface area contributed by atoms with Gasteiger partial charge in [0.1, 0.15) is 0 Å². The SMILES string of the molecule is NC(=O)c1ncc2nnnc-2[nH]1. The van der Waals surface area contributed by atoms with Crippen molar-refractivity contribution in [3.63, 3.8) is 0 Å². The summed E-state index contributed by atoms with van der Waals surface area (Å²) in [7, 11) is 0. The van der Waals surface area contributed by atoms with E-state index in [9.17, 15) is 4.79 Å². The Hall–Kier alpha value is -2.05. The van der Waals surface area contributed by atoms with Gasteiger partial charge in [-0.1, -0.05) is 0 Å². The van der Waals surface area contributed by atoms with Crippen LogP contribution in [0.1, 0.15) is 10.6 Å². The molecule has 0 atom stereocenters. The third kappa shape index (κ3) is 0.875. The molecule has 0 bridgehead atoms. The second-order valence-corrected chi connectivity index (χ2v) is 2.12. The number of H-pyrrole nitrogens is 1. The Labute approximate surface area is 66.4 Å². The van der Waals surface area contributed by atoms with Gasteiger partial charge in [0.2, 0.25) is 0 Å². The molecule has 2 aliphatic rings. The number of nitrogens with two attached hydrogens (primary N) is 1. The van der Waals surface area contributed by atoms with Gasteiger partial charge >= 0.3 is 0 Å². The van der Waals surface area contributed by atoms with Crippen molar-refractivity contribution in [1.82, 2.24) is 25.4 Å². The zero-order chi connectivity index (χ0) is 8.55. The maximum absolute atomic E-state index is 10.6. The Kier molecular flexibility index (Phi) is 1.23. The number of carbonyl (C=O) groups excluding carboxylic acids is 1. The largest absolute Gasteiger partial charge is 0.363 e. The number of rotatable bonds is 1. The molecule has 3 N–H and O–H groups in total. The molecule has 0 aromatic heterocycles. The van der Waals surface area contributed by atoms with Crippen molar-refractivity contribution in [1.29, 1.82) is 0 Å². The molecule has 0 saturated carbocycles. The lowest BCUT2D eigenvalue weighted by atomic mass is 10.4. The third-order valence-electron chi connectivity index (χ3n) is 1.33.